The van der Waals surface area contributed by atoms with E-state index in [1.54, 1.807) is 24.5 Å². The molecule has 0 bridgehead atoms. The van der Waals surface area contributed by atoms with E-state index in [4.69, 9.17) is 5.11 Å². The zero-order valence-electron chi connectivity index (χ0n) is 9.88. The van der Waals surface area contributed by atoms with Crippen LogP contribution in [-0.4, -0.2) is 39.3 Å². The molecule has 1 aromatic heterocycles. The van der Waals surface area contributed by atoms with Crippen LogP contribution in [0.5, 0.6) is 0 Å². The Labute approximate surface area is 104 Å². The molecule has 1 rings (SSSR count). The van der Waals surface area contributed by atoms with Crippen LogP contribution in [0.1, 0.15) is 12.5 Å². The van der Waals surface area contributed by atoms with Gasteiger partial charge in [-0.3, -0.25) is 4.98 Å². The first-order valence-electron chi connectivity index (χ1n) is 5.28. The Bertz CT molecular complexity index is 420. The zero-order valence-corrected chi connectivity index (χ0v) is 9.88. The van der Waals surface area contributed by atoms with Crippen LogP contribution in [0.25, 0.3) is 0 Å². The van der Waals surface area contributed by atoms with Gasteiger partial charge in [0.2, 0.25) is 0 Å². The number of aromatic nitrogens is 1. The Morgan fingerprint density at radius 1 is 1.33 bits per heavy atom. The molecule has 1 heterocycles. The maximum Gasteiger partial charge on any atom is 0.337 e. The summed E-state index contributed by atoms with van der Waals surface area (Å²) in [7, 11) is 0. The fourth-order valence-corrected chi connectivity index (χ4v) is 1.07. The molecule has 0 saturated carbocycles. The highest BCUT2D eigenvalue weighted by molar-refractivity contribution is 5.79. The van der Waals surface area contributed by atoms with Gasteiger partial charge >= 0.3 is 12.0 Å². The Hall–Kier alpha value is -2.15. The Kier molecular flexibility index (Phi) is 4.61. The molecule has 1 atom stereocenters. The quantitative estimate of drug-likeness (QED) is 0.576. The average Bonchev–Trinajstić information content (AvgIpc) is 2.35. The number of pyridine rings is 1. The van der Waals surface area contributed by atoms with Crippen LogP contribution in [-0.2, 0) is 11.3 Å². The van der Waals surface area contributed by atoms with Gasteiger partial charge in [0.25, 0.3) is 0 Å². The molecule has 18 heavy (non-hydrogen) atoms. The molecule has 0 fully saturated rings. The highest BCUT2D eigenvalue weighted by atomic mass is 16.4. The van der Waals surface area contributed by atoms with E-state index in [2.05, 4.69) is 15.6 Å². The third-order valence-corrected chi connectivity index (χ3v) is 2.26. The normalized spacial score (nSPS) is 13.4. The maximum absolute atomic E-state index is 11.3. The fraction of sp³-hybridized carbons (Fsp3) is 0.364. The lowest BCUT2D eigenvalue weighted by molar-refractivity contribution is -0.155. The van der Waals surface area contributed by atoms with E-state index in [1.165, 1.54) is 0 Å². The molecule has 1 aromatic rings. The number of carbonyl (C=O) groups excluding carboxylic acids is 1. The van der Waals surface area contributed by atoms with Gasteiger partial charge in [0, 0.05) is 18.9 Å². The van der Waals surface area contributed by atoms with E-state index in [0.29, 0.717) is 6.54 Å². The lowest BCUT2D eigenvalue weighted by atomic mass is 10.1. The van der Waals surface area contributed by atoms with Crippen molar-refractivity contribution in [1.82, 2.24) is 15.6 Å². The summed E-state index contributed by atoms with van der Waals surface area (Å²) < 4.78 is 0. The van der Waals surface area contributed by atoms with Crippen LogP contribution in [0.15, 0.2) is 24.5 Å². The number of aliphatic hydroxyl groups is 1. The molecule has 7 heteroatoms. The van der Waals surface area contributed by atoms with Crippen molar-refractivity contribution in [2.75, 3.05) is 6.54 Å². The molecule has 7 nitrogen and oxygen atoms in total. The predicted octanol–water partition coefficient (Wildman–Crippen LogP) is -0.284. The van der Waals surface area contributed by atoms with Gasteiger partial charge in [-0.2, -0.15) is 0 Å². The van der Waals surface area contributed by atoms with Gasteiger partial charge in [-0.1, -0.05) is 0 Å². The highest BCUT2D eigenvalue weighted by Crippen LogP contribution is 2.00. The Morgan fingerprint density at radius 3 is 2.50 bits per heavy atom. The van der Waals surface area contributed by atoms with Crippen molar-refractivity contribution < 1.29 is 19.8 Å². The first kappa shape index (κ1) is 13.9. The molecule has 4 N–H and O–H groups in total. The van der Waals surface area contributed by atoms with E-state index < -0.39 is 17.6 Å². The van der Waals surface area contributed by atoms with Gasteiger partial charge in [-0.15, -0.1) is 0 Å². The molecule has 0 aliphatic carbocycles. The number of carboxylic acid groups (broad SMARTS) is 1. The summed E-state index contributed by atoms with van der Waals surface area (Å²) >= 11 is 0. The van der Waals surface area contributed by atoms with Crippen LogP contribution in [0.3, 0.4) is 0 Å². The van der Waals surface area contributed by atoms with Crippen molar-refractivity contribution in [1.29, 1.82) is 0 Å². The summed E-state index contributed by atoms with van der Waals surface area (Å²) in [6.07, 6.45) is 3.20. The Balaban J connectivity index is 2.33. The largest absolute Gasteiger partial charge is 0.479 e. The molecule has 1 unspecified atom stereocenters. The monoisotopic (exact) mass is 253 g/mol. The molecule has 0 saturated heterocycles. The SMILES string of the molecule is CC(O)(CNC(=O)NCc1ccncc1)C(=O)O. The van der Waals surface area contributed by atoms with Crippen molar-refractivity contribution in [3.8, 4) is 0 Å². The average molecular weight is 253 g/mol. The second-order valence-electron chi connectivity index (χ2n) is 3.97. The second-order valence-corrected chi connectivity index (χ2v) is 3.97. The second kappa shape index (κ2) is 5.97. The number of hydrogen-bond acceptors (Lipinski definition) is 4. The molecule has 0 spiro atoms. The summed E-state index contributed by atoms with van der Waals surface area (Å²) in [5, 5.41) is 22.8. The fourth-order valence-electron chi connectivity index (χ4n) is 1.07. The number of carbonyl (C=O) groups is 2. The topological polar surface area (TPSA) is 112 Å². The lowest BCUT2D eigenvalue weighted by Gasteiger charge is -2.18. The summed E-state index contributed by atoms with van der Waals surface area (Å²) in [5.41, 5.74) is -1.11. The van der Waals surface area contributed by atoms with Crippen molar-refractivity contribution in [3.63, 3.8) is 0 Å². The van der Waals surface area contributed by atoms with Crippen LogP contribution in [0, 0.1) is 0 Å². The molecule has 0 aromatic carbocycles. The van der Waals surface area contributed by atoms with E-state index in [9.17, 15) is 14.7 Å². The summed E-state index contributed by atoms with van der Waals surface area (Å²) in [6, 6.07) is 2.94. The summed E-state index contributed by atoms with van der Waals surface area (Å²) in [6.45, 7) is 1.03. The van der Waals surface area contributed by atoms with Gasteiger partial charge < -0.3 is 20.8 Å². The number of aliphatic carboxylic acids is 1. The summed E-state index contributed by atoms with van der Waals surface area (Å²) in [5.74, 6) is -1.39. The van der Waals surface area contributed by atoms with Gasteiger partial charge in [-0.05, 0) is 24.6 Å². The number of nitrogens with one attached hydrogen (secondary N) is 2. The molecule has 0 aliphatic rings. The number of urea groups is 1. The van der Waals surface area contributed by atoms with Crippen molar-refractivity contribution in [2.24, 2.45) is 0 Å². The van der Waals surface area contributed by atoms with Gasteiger partial charge in [0.1, 0.15) is 0 Å². The van der Waals surface area contributed by atoms with E-state index in [1.807, 2.05) is 0 Å². The van der Waals surface area contributed by atoms with Crippen molar-refractivity contribution in [3.05, 3.63) is 30.1 Å². The minimum atomic E-state index is -1.98. The smallest absolute Gasteiger partial charge is 0.337 e. The number of carboxylic acids is 1. The summed E-state index contributed by atoms with van der Waals surface area (Å²) in [4.78, 5) is 25.8. The van der Waals surface area contributed by atoms with Crippen LogP contribution < -0.4 is 10.6 Å². The van der Waals surface area contributed by atoms with Crippen LogP contribution in [0.2, 0.25) is 0 Å². The van der Waals surface area contributed by atoms with Crippen LogP contribution in [0.4, 0.5) is 4.79 Å². The van der Waals surface area contributed by atoms with Gasteiger partial charge in [0.15, 0.2) is 5.60 Å². The maximum atomic E-state index is 11.3. The minimum absolute atomic E-state index is 0.295. The molecule has 2 amide bonds. The minimum Gasteiger partial charge on any atom is -0.479 e. The zero-order chi connectivity index (χ0) is 13.6. The molecular weight excluding hydrogens is 238 g/mol. The van der Waals surface area contributed by atoms with E-state index >= 15 is 0 Å². The van der Waals surface area contributed by atoms with Crippen molar-refractivity contribution in [2.45, 2.75) is 19.1 Å². The first-order chi connectivity index (χ1) is 8.42. The standard InChI is InChI=1S/C11H15N3O4/c1-11(18,9(15)16)7-14-10(17)13-6-8-2-4-12-5-3-8/h2-5,18H,6-7H2,1H3,(H,15,16)(H2,13,14,17). The number of hydrogen-bond donors (Lipinski definition) is 4. The number of nitrogens with zero attached hydrogens (tertiary/aromatic N) is 1. The highest BCUT2D eigenvalue weighted by Gasteiger charge is 2.30. The van der Waals surface area contributed by atoms with E-state index in [-0.39, 0.29) is 6.54 Å². The molecule has 0 radical (unpaired) electrons. The number of amides is 2. The molecule has 98 valence electrons. The predicted molar refractivity (Wildman–Crippen MR) is 62.7 cm³/mol. The van der Waals surface area contributed by atoms with Gasteiger partial charge in [-0.25, -0.2) is 9.59 Å². The first-order valence-corrected chi connectivity index (χ1v) is 5.28. The third kappa shape index (κ3) is 4.38. The van der Waals surface area contributed by atoms with Crippen molar-refractivity contribution >= 4 is 12.0 Å². The lowest BCUT2D eigenvalue weighted by Crippen LogP contribution is -2.48. The van der Waals surface area contributed by atoms with Crippen LogP contribution >= 0.6 is 0 Å². The van der Waals surface area contributed by atoms with Gasteiger partial charge in [0.05, 0.1) is 6.54 Å². The number of rotatable bonds is 5. The molecule has 0 aliphatic heterocycles. The molecular formula is C11H15N3O4. The van der Waals surface area contributed by atoms with E-state index in [0.717, 1.165) is 12.5 Å². The Morgan fingerprint density at radius 2 is 1.94 bits per heavy atom. The third-order valence-electron chi connectivity index (χ3n) is 2.26.